The number of methoxy groups -OCH3 is 3. The maximum Gasteiger partial charge on any atom is 0.265 e. The molecule has 2 aromatic heterocycles. The molecule has 2 heterocycles. The first-order valence-corrected chi connectivity index (χ1v) is 8.75. The van der Waals surface area contributed by atoms with Crippen LogP contribution in [0.25, 0.3) is 11.1 Å². The molecule has 0 amide bonds. The Morgan fingerprint density at radius 3 is 2.38 bits per heavy atom. The number of hydrogen-bond acceptors (Lipinski definition) is 9. The molecule has 0 fully saturated rings. The number of ether oxygens (including phenoxy) is 3. The summed E-state index contributed by atoms with van der Waals surface area (Å²) in [6.07, 6.45) is 0. The standard InChI is InChI=1S/C17H20N4O4S/c1-5-18-13-9-12(24-4)14-16(20-25-17(14)19-13)21-26-15-10(22-2)7-6-8-11(15)23-3/h6-9H,5H2,1-4H3,(H,18,19)(H,20,21). The van der Waals surface area contributed by atoms with Crippen molar-refractivity contribution in [1.29, 1.82) is 0 Å². The van der Waals surface area contributed by atoms with Crippen LogP contribution in [-0.2, 0) is 0 Å². The van der Waals surface area contributed by atoms with Gasteiger partial charge in [0.2, 0.25) is 0 Å². The second kappa shape index (κ2) is 8.05. The van der Waals surface area contributed by atoms with Crippen LogP contribution in [0, 0.1) is 0 Å². The fourth-order valence-corrected chi connectivity index (χ4v) is 3.28. The monoisotopic (exact) mass is 376 g/mol. The summed E-state index contributed by atoms with van der Waals surface area (Å²) < 4.78 is 24.8. The number of anilines is 2. The highest BCUT2D eigenvalue weighted by molar-refractivity contribution is 8.00. The first-order chi connectivity index (χ1) is 12.7. The number of rotatable bonds is 8. The Morgan fingerprint density at radius 2 is 1.77 bits per heavy atom. The Balaban J connectivity index is 1.93. The normalized spacial score (nSPS) is 10.6. The zero-order valence-electron chi connectivity index (χ0n) is 15.0. The number of nitrogens with zero attached hydrogens (tertiary/aromatic N) is 2. The average Bonchev–Trinajstić information content (AvgIpc) is 3.08. The van der Waals surface area contributed by atoms with E-state index in [9.17, 15) is 0 Å². The van der Waals surface area contributed by atoms with Gasteiger partial charge in [-0.25, -0.2) is 0 Å². The quantitative estimate of drug-likeness (QED) is 0.570. The molecule has 9 heteroatoms. The molecule has 0 unspecified atom stereocenters. The van der Waals surface area contributed by atoms with Crippen molar-refractivity contribution in [2.45, 2.75) is 11.8 Å². The molecular weight excluding hydrogens is 356 g/mol. The summed E-state index contributed by atoms with van der Waals surface area (Å²) in [6, 6.07) is 7.39. The fraction of sp³-hybridized carbons (Fsp3) is 0.294. The van der Waals surface area contributed by atoms with Gasteiger partial charge in [-0.1, -0.05) is 11.2 Å². The summed E-state index contributed by atoms with van der Waals surface area (Å²) in [4.78, 5) is 5.19. The van der Waals surface area contributed by atoms with Gasteiger partial charge in [0.05, 0.1) is 21.3 Å². The largest absolute Gasteiger partial charge is 0.496 e. The zero-order chi connectivity index (χ0) is 18.5. The van der Waals surface area contributed by atoms with E-state index in [1.807, 2.05) is 31.2 Å². The van der Waals surface area contributed by atoms with E-state index < -0.39 is 0 Å². The second-order valence-corrected chi connectivity index (χ2v) is 5.96. The minimum Gasteiger partial charge on any atom is -0.496 e. The van der Waals surface area contributed by atoms with Crippen LogP contribution in [0.4, 0.5) is 11.6 Å². The molecule has 26 heavy (non-hydrogen) atoms. The molecule has 0 saturated heterocycles. The van der Waals surface area contributed by atoms with Crippen LogP contribution in [0.5, 0.6) is 17.2 Å². The Bertz CT molecular complexity index is 878. The van der Waals surface area contributed by atoms with Gasteiger partial charge in [-0.3, -0.25) is 0 Å². The Morgan fingerprint density at radius 1 is 1.08 bits per heavy atom. The molecule has 0 radical (unpaired) electrons. The van der Waals surface area contributed by atoms with E-state index >= 15 is 0 Å². The summed E-state index contributed by atoms with van der Waals surface area (Å²) >= 11 is 1.31. The highest BCUT2D eigenvalue weighted by atomic mass is 32.2. The number of pyridine rings is 1. The summed E-state index contributed by atoms with van der Waals surface area (Å²) in [7, 11) is 4.82. The third kappa shape index (κ3) is 3.43. The molecule has 3 rings (SSSR count). The number of aromatic nitrogens is 2. The van der Waals surface area contributed by atoms with Gasteiger partial charge in [-0.2, -0.15) is 4.98 Å². The third-order valence-electron chi connectivity index (χ3n) is 3.62. The van der Waals surface area contributed by atoms with Crippen LogP contribution < -0.4 is 24.2 Å². The molecule has 0 saturated carbocycles. The lowest BCUT2D eigenvalue weighted by Crippen LogP contribution is -2.00. The van der Waals surface area contributed by atoms with E-state index in [1.165, 1.54) is 11.9 Å². The van der Waals surface area contributed by atoms with Crippen molar-refractivity contribution < 1.29 is 18.7 Å². The maximum atomic E-state index is 5.48. The molecule has 0 aliphatic heterocycles. The van der Waals surface area contributed by atoms with E-state index in [-0.39, 0.29) is 0 Å². The summed E-state index contributed by atoms with van der Waals surface area (Å²) in [5.74, 6) is 3.16. The van der Waals surface area contributed by atoms with Crippen LogP contribution in [0.1, 0.15) is 6.92 Å². The predicted octanol–water partition coefficient (Wildman–Crippen LogP) is 3.80. The molecule has 138 valence electrons. The van der Waals surface area contributed by atoms with Gasteiger partial charge in [0.15, 0.2) is 5.82 Å². The molecule has 1 aromatic carbocycles. The van der Waals surface area contributed by atoms with Crippen molar-refractivity contribution in [1.82, 2.24) is 10.1 Å². The Kier molecular flexibility index (Phi) is 5.57. The lowest BCUT2D eigenvalue weighted by Gasteiger charge is -2.12. The van der Waals surface area contributed by atoms with E-state index in [2.05, 4.69) is 20.2 Å². The van der Waals surface area contributed by atoms with Crippen molar-refractivity contribution >= 4 is 34.7 Å². The summed E-state index contributed by atoms with van der Waals surface area (Å²) in [6.45, 7) is 2.73. The van der Waals surface area contributed by atoms with Crippen LogP contribution in [-0.4, -0.2) is 38.0 Å². The molecule has 0 atom stereocenters. The Labute approximate surface area is 155 Å². The van der Waals surface area contributed by atoms with Crippen LogP contribution >= 0.6 is 11.9 Å². The van der Waals surface area contributed by atoms with Gasteiger partial charge < -0.3 is 28.8 Å². The van der Waals surface area contributed by atoms with Gasteiger partial charge in [0.25, 0.3) is 5.71 Å². The molecule has 3 aromatic rings. The highest BCUT2D eigenvalue weighted by Crippen LogP contribution is 2.40. The van der Waals surface area contributed by atoms with Crippen molar-refractivity contribution in [3.05, 3.63) is 24.3 Å². The smallest absolute Gasteiger partial charge is 0.265 e. The molecule has 0 aliphatic rings. The van der Waals surface area contributed by atoms with Gasteiger partial charge in [-0.05, 0) is 31.0 Å². The zero-order valence-corrected chi connectivity index (χ0v) is 15.8. The van der Waals surface area contributed by atoms with Crippen molar-refractivity contribution in [2.75, 3.05) is 37.9 Å². The lowest BCUT2D eigenvalue weighted by molar-refractivity contribution is 0.376. The van der Waals surface area contributed by atoms with E-state index in [1.54, 1.807) is 21.3 Å². The van der Waals surface area contributed by atoms with Crippen molar-refractivity contribution in [3.8, 4) is 17.2 Å². The predicted molar refractivity (Wildman–Crippen MR) is 102 cm³/mol. The molecule has 8 nitrogen and oxygen atoms in total. The second-order valence-electron chi connectivity index (χ2n) is 5.15. The van der Waals surface area contributed by atoms with Crippen molar-refractivity contribution in [2.24, 2.45) is 0 Å². The minimum absolute atomic E-state index is 0.385. The van der Waals surface area contributed by atoms with Gasteiger partial charge in [-0.15, -0.1) is 0 Å². The molecule has 0 bridgehead atoms. The van der Waals surface area contributed by atoms with E-state index in [0.29, 0.717) is 40.0 Å². The van der Waals surface area contributed by atoms with E-state index in [4.69, 9.17) is 18.7 Å². The summed E-state index contributed by atoms with van der Waals surface area (Å²) in [5, 5.41) is 7.87. The highest BCUT2D eigenvalue weighted by Gasteiger charge is 2.18. The van der Waals surface area contributed by atoms with Gasteiger partial charge in [0.1, 0.15) is 33.3 Å². The molecule has 0 aliphatic carbocycles. The Hall–Kier alpha value is -2.81. The number of benzene rings is 1. The summed E-state index contributed by atoms with van der Waals surface area (Å²) in [5.41, 5.74) is 0.385. The third-order valence-corrected chi connectivity index (χ3v) is 4.52. The van der Waals surface area contributed by atoms with Gasteiger partial charge in [0, 0.05) is 12.6 Å². The lowest BCUT2D eigenvalue weighted by atomic mass is 10.3. The average molecular weight is 376 g/mol. The minimum atomic E-state index is 0.385. The van der Waals surface area contributed by atoms with Crippen LogP contribution in [0.2, 0.25) is 0 Å². The first kappa shape index (κ1) is 18.0. The first-order valence-electron chi connectivity index (χ1n) is 7.93. The molecule has 0 spiro atoms. The fourth-order valence-electron chi connectivity index (χ4n) is 2.44. The van der Waals surface area contributed by atoms with E-state index in [0.717, 1.165) is 11.4 Å². The van der Waals surface area contributed by atoms with Crippen LogP contribution in [0.15, 0.2) is 33.7 Å². The molecular formula is C17H20N4O4S. The number of fused-ring (bicyclic) bond motifs is 1. The van der Waals surface area contributed by atoms with Crippen molar-refractivity contribution in [3.63, 3.8) is 0 Å². The SMILES string of the molecule is CCNc1cc(OC)c2c(NSc3c(OC)cccc3OC)noc2n1. The maximum absolute atomic E-state index is 5.48. The number of nitrogens with one attached hydrogen (secondary N) is 2. The van der Waals surface area contributed by atoms with Crippen LogP contribution in [0.3, 0.4) is 0 Å². The van der Waals surface area contributed by atoms with Gasteiger partial charge >= 0.3 is 0 Å². The number of hydrogen-bond donors (Lipinski definition) is 2. The molecule has 2 N–H and O–H groups in total. The topological polar surface area (TPSA) is 90.7 Å².